The number of nitrogens with zero attached hydrogens (tertiary/aromatic N) is 2. The number of hydrogen-bond acceptors (Lipinski definition) is 3. The molecule has 1 aromatic heterocycles. The monoisotopic (exact) mass is 277 g/mol. The van der Waals surface area contributed by atoms with Gasteiger partial charge in [-0.25, -0.2) is 0 Å². The minimum atomic E-state index is 0.819. The summed E-state index contributed by atoms with van der Waals surface area (Å²) in [6, 6.07) is 18.9. The highest BCUT2D eigenvalue weighted by Crippen LogP contribution is 2.18. The van der Waals surface area contributed by atoms with Crippen molar-refractivity contribution < 1.29 is 0 Å². The van der Waals surface area contributed by atoms with E-state index in [0.717, 1.165) is 23.1 Å². The molecule has 0 radical (unpaired) electrons. The Morgan fingerprint density at radius 1 is 1.00 bits per heavy atom. The highest BCUT2D eigenvalue weighted by atomic mass is 15.1. The molecule has 0 amide bonds. The molecular weight excluding hydrogens is 258 g/mol. The van der Waals surface area contributed by atoms with E-state index in [2.05, 4.69) is 71.8 Å². The smallest absolute Gasteiger partial charge is 0.0703 e. The molecule has 3 heteroatoms. The van der Waals surface area contributed by atoms with Crippen LogP contribution in [0.15, 0.2) is 60.8 Å². The summed E-state index contributed by atoms with van der Waals surface area (Å²) in [5, 5.41) is 4.62. The van der Waals surface area contributed by atoms with E-state index < -0.39 is 0 Å². The fraction of sp³-hybridized carbons (Fsp3) is 0.167. The van der Waals surface area contributed by atoms with Gasteiger partial charge in [-0.2, -0.15) is 0 Å². The van der Waals surface area contributed by atoms with Gasteiger partial charge in [0, 0.05) is 43.6 Å². The summed E-state index contributed by atoms with van der Waals surface area (Å²) in [6.45, 7) is 0.819. The van der Waals surface area contributed by atoms with Crippen LogP contribution in [0, 0.1) is 0 Å². The van der Waals surface area contributed by atoms with Crippen LogP contribution in [0.1, 0.15) is 5.56 Å². The second-order valence-electron chi connectivity index (χ2n) is 5.33. The number of fused-ring (bicyclic) bond motifs is 1. The lowest BCUT2D eigenvalue weighted by molar-refractivity contribution is 1.11. The molecule has 0 atom stereocenters. The summed E-state index contributed by atoms with van der Waals surface area (Å²) in [6.07, 6.45) is 1.82. The highest BCUT2D eigenvalue weighted by Gasteiger charge is 1.99. The van der Waals surface area contributed by atoms with Crippen LogP contribution in [0.2, 0.25) is 0 Å². The molecule has 3 aromatic rings. The normalized spacial score (nSPS) is 10.6. The van der Waals surface area contributed by atoms with E-state index >= 15 is 0 Å². The minimum absolute atomic E-state index is 0.819. The van der Waals surface area contributed by atoms with Crippen LogP contribution < -0.4 is 10.2 Å². The second-order valence-corrected chi connectivity index (χ2v) is 5.33. The SMILES string of the molecule is CN(C)c1ccc(CNc2ccc3ncccc3c2)cc1. The van der Waals surface area contributed by atoms with Crippen molar-refractivity contribution in [2.24, 2.45) is 0 Å². The minimum Gasteiger partial charge on any atom is -0.381 e. The van der Waals surface area contributed by atoms with Crippen LogP contribution in [-0.2, 0) is 6.54 Å². The average molecular weight is 277 g/mol. The van der Waals surface area contributed by atoms with Gasteiger partial charge in [-0.3, -0.25) is 4.98 Å². The van der Waals surface area contributed by atoms with E-state index in [1.54, 1.807) is 0 Å². The number of aromatic nitrogens is 1. The summed E-state index contributed by atoms with van der Waals surface area (Å²) in [5.74, 6) is 0. The second kappa shape index (κ2) is 5.83. The van der Waals surface area contributed by atoms with Crippen LogP contribution >= 0.6 is 0 Å². The molecule has 3 nitrogen and oxygen atoms in total. The summed E-state index contributed by atoms with van der Waals surface area (Å²) >= 11 is 0. The lowest BCUT2D eigenvalue weighted by atomic mass is 10.1. The highest BCUT2D eigenvalue weighted by molar-refractivity contribution is 5.82. The van der Waals surface area contributed by atoms with Crippen molar-refractivity contribution in [2.45, 2.75) is 6.54 Å². The van der Waals surface area contributed by atoms with Gasteiger partial charge in [0.1, 0.15) is 0 Å². The van der Waals surface area contributed by atoms with Crippen molar-refractivity contribution >= 4 is 22.3 Å². The van der Waals surface area contributed by atoms with Gasteiger partial charge in [-0.05, 0) is 42.0 Å². The first-order chi connectivity index (χ1) is 10.2. The zero-order valence-electron chi connectivity index (χ0n) is 12.4. The third-order valence-corrected chi connectivity index (χ3v) is 3.55. The topological polar surface area (TPSA) is 28.2 Å². The standard InChI is InChI=1S/C18H19N3/c1-21(2)17-8-5-14(6-9-17)13-20-16-7-10-18-15(12-16)4-3-11-19-18/h3-12,20H,13H2,1-2H3. The number of nitrogens with one attached hydrogen (secondary N) is 1. The van der Waals surface area contributed by atoms with Gasteiger partial charge in [-0.1, -0.05) is 18.2 Å². The Bertz CT molecular complexity index is 733. The first-order valence-corrected chi connectivity index (χ1v) is 7.07. The Morgan fingerprint density at radius 3 is 2.57 bits per heavy atom. The van der Waals surface area contributed by atoms with Gasteiger partial charge in [0.15, 0.2) is 0 Å². The van der Waals surface area contributed by atoms with Crippen LogP contribution in [0.4, 0.5) is 11.4 Å². The van der Waals surface area contributed by atoms with Crippen molar-refractivity contribution in [2.75, 3.05) is 24.3 Å². The molecule has 0 spiro atoms. The van der Waals surface area contributed by atoms with Crippen molar-refractivity contribution in [3.63, 3.8) is 0 Å². The van der Waals surface area contributed by atoms with E-state index in [0.29, 0.717) is 0 Å². The zero-order chi connectivity index (χ0) is 14.7. The number of rotatable bonds is 4. The quantitative estimate of drug-likeness (QED) is 0.783. The fourth-order valence-electron chi connectivity index (χ4n) is 2.30. The molecule has 106 valence electrons. The number of hydrogen-bond donors (Lipinski definition) is 1. The van der Waals surface area contributed by atoms with Gasteiger partial charge in [0.05, 0.1) is 5.52 Å². The Labute approximate surface area is 125 Å². The van der Waals surface area contributed by atoms with E-state index in [9.17, 15) is 0 Å². The average Bonchev–Trinajstić information content (AvgIpc) is 2.53. The molecule has 0 saturated carbocycles. The molecule has 3 rings (SSSR count). The van der Waals surface area contributed by atoms with Gasteiger partial charge >= 0.3 is 0 Å². The summed E-state index contributed by atoms with van der Waals surface area (Å²) in [7, 11) is 4.10. The number of anilines is 2. The Balaban J connectivity index is 1.71. The van der Waals surface area contributed by atoms with Crippen molar-refractivity contribution in [1.82, 2.24) is 4.98 Å². The van der Waals surface area contributed by atoms with Gasteiger partial charge in [0.2, 0.25) is 0 Å². The number of pyridine rings is 1. The van der Waals surface area contributed by atoms with Gasteiger partial charge < -0.3 is 10.2 Å². The van der Waals surface area contributed by atoms with Crippen LogP contribution in [0.25, 0.3) is 10.9 Å². The molecule has 21 heavy (non-hydrogen) atoms. The predicted molar refractivity (Wildman–Crippen MR) is 89.8 cm³/mol. The fourth-order valence-corrected chi connectivity index (χ4v) is 2.30. The molecule has 1 N–H and O–H groups in total. The van der Waals surface area contributed by atoms with Crippen LogP contribution in [0.3, 0.4) is 0 Å². The molecule has 0 aliphatic heterocycles. The lowest BCUT2D eigenvalue weighted by Crippen LogP contribution is -2.08. The maximum absolute atomic E-state index is 4.33. The molecule has 1 heterocycles. The maximum atomic E-state index is 4.33. The Morgan fingerprint density at radius 2 is 1.81 bits per heavy atom. The largest absolute Gasteiger partial charge is 0.381 e. The molecule has 0 unspecified atom stereocenters. The van der Waals surface area contributed by atoms with E-state index in [1.165, 1.54) is 11.3 Å². The van der Waals surface area contributed by atoms with Crippen LogP contribution in [0.5, 0.6) is 0 Å². The predicted octanol–water partition coefficient (Wildman–Crippen LogP) is 3.91. The molecule has 0 bridgehead atoms. The van der Waals surface area contributed by atoms with Crippen molar-refractivity contribution in [3.8, 4) is 0 Å². The molecule has 0 fully saturated rings. The first kappa shape index (κ1) is 13.4. The molecule has 0 aliphatic rings. The lowest BCUT2D eigenvalue weighted by Gasteiger charge is -2.13. The molecule has 0 saturated heterocycles. The summed E-state index contributed by atoms with van der Waals surface area (Å²) in [5.41, 5.74) is 4.63. The molecular formula is C18H19N3. The molecule has 0 aliphatic carbocycles. The first-order valence-electron chi connectivity index (χ1n) is 7.07. The van der Waals surface area contributed by atoms with E-state index in [-0.39, 0.29) is 0 Å². The van der Waals surface area contributed by atoms with Crippen molar-refractivity contribution in [1.29, 1.82) is 0 Å². The third kappa shape index (κ3) is 3.14. The van der Waals surface area contributed by atoms with E-state index in [4.69, 9.17) is 0 Å². The Kier molecular flexibility index (Phi) is 3.73. The third-order valence-electron chi connectivity index (χ3n) is 3.55. The van der Waals surface area contributed by atoms with E-state index in [1.807, 2.05) is 18.3 Å². The number of benzene rings is 2. The summed E-state index contributed by atoms with van der Waals surface area (Å²) < 4.78 is 0. The summed E-state index contributed by atoms with van der Waals surface area (Å²) in [4.78, 5) is 6.44. The maximum Gasteiger partial charge on any atom is 0.0703 e. The Hall–Kier alpha value is -2.55. The zero-order valence-corrected chi connectivity index (χ0v) is 12.4. The van der Waals surface area contributed by atoms with Crippen molar-refractivity contribution in [3.05, 3.63) is 66.4 Å². The van der Waals surface area contributed by atoms with Gasteiger partial charge in [-0.15, -0.1) is 0 Å². The molecule has 2 aromatic carbocycles. The van der Waals surface area contributed by atoms with Crippen LogP contribution in [-0.4, -0.2) is 19.1 Å². The van der Waals surface area contributed by atoms with Gasteiger partial charge in [0.25, 0.3) is 0 Å².